The van der Waals surface area contributed by atoms with Gasteiger partial charge in [0.25, 0.3) is 0 Å². The molecule has 0 spiro atoms. The molecule has 0 aromatic heterocycles. The quantitative estimate of drug-likeness (QED) is 0.766. The fourth-order valence-corrected chi connectivity index (χ4v) is 2.58. The van der Waals surface area contributed by atoms with Crippen LogP contribution in [-0.4, -0.2) is 26.3 Å². The molecule has 1 aliphatic carbocycles. The Labute approximate surface area is 116 Å². The SMILES string of the molecule is COc1cc(C)ccc1OCCCNC1CCCC1. The van der Waals surface area contributed by atoms with E-state index in [1.54, 1.807) is 7.11 Å². The molecular weight excluding hydrogens is 238 g/mol. The molecule has 1 fully saturated rings. The van der Waals surface area contributed by atoms with Crippen LogP contribution < -0.4 is 14.8 Å². The largest absolute Gasteiger partial charge is 0.493 e. The molecular formula is C16H25NO2. The van der Waals surface area contributed by atoms with E-state index in [0.29, 0.717) is 0 Å². The Bertz CT molecular complexity index is 386. The van der Waals surface area contributed by atoms with Gasteiger partial charge in [0.2, 0.25) is 0 Å². The van der Waals surface area contributed by atoms with Crippen LogP contribution in [0.2, 0.25) is 0 Å². The Morgan fingerprint density at radius 2 is 2.00 bits per heavy atom. The lowest BCUT2D eigenvalue weighted by molar-refractivity contribution is 0.285. The number of benzene rings is 1. The van der Waals surface area contributed by atoms with Gasteiger partial charge < -0.3 is 14.8 Å². The number of ether oxygens (including phenoxy) is 2. The summed E-state index contributed by atoms with van der Waals surface area (Å²) in [5, 5.41) is 3.59. The van der Waals surface area contributed by atoms with Crippen LogP contribution in [0, 0.1) is 6.92 Å². The first kappa shape index (κ1) is 14.2. The van der Waals surface area contributed by atoms with Gasteiger partial charge in [0.05, 0.1) is 13.7 Å². The maximum Gasteiger partial charge on any atom is 0.161 e. The predicted octanol–water partition coefficient (Wildman–Crippen LogP) is 3.30. The van der Waals surface area contributed by atoms with E-state index in [9.17, 15) is 0 Å². The lowest BCUT2D eigenvalue weighted by Gasteiger charge is -2.13. The van der Waals surface area contributed by atoms with E-state index >= 15 is 0 Å². The highest BCUT2D eigenvalue weighted by molar-refractivity contribution is 5.42. The lowest BCUT2D eigenvalue weighted by atomic mass is 10.2. The molecule has 0 radical (unpaired) electrons. The molecule has 1 aromatic carbocycles. The second kappa shape index (κ2) is 7.39. The van der Waals surface area contributed by atoms with Crippen LogP contribution in [0.4, 0.5) is 0 Å². The van der Waals surface area contributed by atoms with E-state index in [1.165, 1.54) is 31.2 Å². The van der Waals surface area contributed by atoms with Crippen molar-refractivity contribution in [2.75, 3.05) is 20.3 Å². The van der Waals surface area contributed by atoms with E-state index in [-0.39, 0.29) is 0 Å². The minimum Gasteiger partial charge on any atom is -0.493 e. The summed E-state index contributed by atoms with van der Waals surface area (Å²) in [7, 11) is 1.68. The monoisotopic (exact) mass is 263 g/mol. The van der Waals surface area contributed by atoms with Crippen molar-refractivity contribution in [2.45, 2.75) is 45.1 Å². The maximum atomic E-state index is 5.78. The van der Waals surface area contributed by atoms with Crippen molar-refractivity contribution in [1.29, 1.82) is 0 Å². The van der Waals surface area contributed by atoms with Crippen molar-refractivity contribution in [2.24, 2.45) is 0 Å². The summed E-state index contributed by atoms with van der Waals surface area (Å²) in [4.78, 5) is 0. The van der Waals surface area contributed by atoms with Gasteiger partial charge in [-0.1, -0.05) is 18.9 Å². The van der Waals surface area contributed by atoms with Gasteiger partial charge in [-0.15, -0.1) is 0 Å². The summed E-state index contributed by atoms with van der Waals surface area (Å²) in [5.74, 6) is 1.66. The van der Waals surface area contributed by atoms with Crippen molar-refractivity contribution in [3.63, 3.8) is 0 Å². The van der Waals surface area contributed by atoms with Crippen LogP contribution in [0.5, 0.6) is 11.5 Å². The molecule has 1 N–H and O–H groups in total. The standard InChI is InChI=1S/C16H25NO2/c1-13-8-9-15(16(12-13)18-2)19-11-5-10-17-14-6-3-4-7-14/h8-9,12,14,17H,3-7,10-11H2,1-2H3. The molecule has 0 aliphatic heterocycles. The zero-order valence-electron chi connectivity index (χ0n) is 12.1. The molecule has 1 aliphatic rings. The van der Waals surface area contributed by atoms with Gasteiger partial charge in [0.1, 0.15) is 0 Å². The number of rotatable bonds is 7. The van der Waals surface area contributed by atoms with E-state index in [4.69, 9.17) is 9.47 Å². The Morgan fingerprint density at radius 3 is 2.74 bits per heavy atom. The van der Waals surface area contributed by atoms with Crippen molar-refractivity contribution >= 4 is 0 Å². The third kappa shape index (κ3) is 4.43. The van der Waals surface area contributed by atoms with Crippen molar-refractivity contribution in [1.82, 2.24) is 5.32 Å². The molecule has 2 rings (SSSR count). The molecule has 0 unspecified atom stereocenters. The van der Waals surface area contributed by atoms with E-state index < -0.39 is 0 Å². The average molecular weight is 263 g/mol. The zero-order chi connectivity index (χ0) is 13.5. The number of hydrogen-bond donors (Lipinski definition) is 1. The van der Waals surface area contributed by atoms with Gasteiger partial charge in [0.15, 0.2) is 11.5 Å². The second-order valence-corrected chi connectivity index (χ2v) is 5.29. The van der Waals surface area contributed by atoms with Gasteiger partial charge in [0, 0.05) is 6.04 Å². The zero-order valence-corrected chi connectivity index (χ0v) is 12.1. The average Bonchev–Trinajstić information content (AvgIpc) is 2.93. The summed E-state index contributed by atoms with van der Waals surface area (Å²) in [6, 6.07) is 6.79. The van der Waals surface area contributed by atoms with Gasteiger partial charge >= 0.3 is 0 Å². The third-order valence-corrected chi connectivity index (χ3v) is 3.69. The molecule has 1 aromatic rings. The summed E-state index contributed by atoms with van der Waals surface area (Å²) in [6.07, 6.45) is 6.48. The summed E-state index contributed by atoms with van der Waals surface area (Å²) in [5.41, 5.74) is 1.19. The predicted molar refractivity (Wildman–Crippen MR) is 78.1 cm³/mol. The van der Waals surface area contributed by atoms with Gasteiger partial charge in [-0.25, -0.2) is 0 Å². The van der Waals surface area contributed by atoms with Gasteiger partial charge in [-0.05, 0) is 50.4 Å². The molecule has 3 heteroatoms. The van der Waals surface area contributed by atoms with Gasteiger partial charge in [-0.3, -0.25) is 0 Å². The lowest BCUT2D eigenvalue weighted by Crippen LogP contribution is -2.27. The van der Waals surface area contributed by atoms with Gasteiger partial charge in [-0.2, -0.15) is 0 Å². The first-order chi connectivity index (χ1) is 9.29. The number of hydrogen-bond acceptors (Lipinski definition) is 3. The van der Waals surface area contributed by atoms with E-state index in [0.717, 1.165) is 37.1 Å². The Morgan fingerprint density at radius 1 is 1.21 bits per heavy atom. The third-order valence-electron chi connectivity index (χ3n) is 3.69. The first-order valence-electron chi connectivity index (χ1n) is 7.30. The highest BCUT2D eigenvalue weighted by Gasteiger charge is 2.13. The molecule has 0 atom stereocenters. The Kier molecular flexibility index (Phi) is 5.52. The molecule has 106 valence electrons. The van der Waals surface area contributed by atoms with Crippen LogP contribution in [-0.2, 0) is 0 Å². The summed E-state index contributed by atoms with van der Waals surface area (Å²) >= 11 is 0. The topological polar surface area (TPSA) is 30.5 Å². The molecule has 0 amide bonds. The Hall–Kier alpha value is -1.22. The van der Waals surface area contributed by atoms with Crippen LogP contribution in [0.3, 0.4) is 0 Å². The maximum absolute atomic E-state index is 5.78. The molecule has 0 heterocycles. The molecule has 0 bridgehead atoms. The van der Waals surface area contributed by atoms with Crippen molar-refractivity contribution in [3.8, 4) is 11.5 Å². The van der Waals surface area contributed by atoms with Crippen molar-refractivity contribution < 1.29 is 9.47 Å². The van der Waals surface area contributed by atoms with Crippen molar-refractivity contribution in [3.05, 3.63) is 23.8 Å². The van der Waals surface area contributed by atoms with E-state index in [2.05, 4.69) is 18.3 Å². The van der Waals surface area contributed by atoms with Crippen LogP contribution in [0.1, 0.15) is 37.7 Å². The number of methoxy groups -OCH3 is 1. The summed E-state index contributed by atoms with van der Waals surface area (Å²) < 4.78 is 11.1. The highest BCUT2D eigenvalue weighted by atomic mass is 16.5. The van der Waals surface area contributed by atoms with Crippen LogP contribution in [0.15, 0.2) is 18.2 Å². The minimum absolute atomic E-state index is 0.735. The van der Waals surface area contributed by atoms with Crippen LogP contribution >= 0.6 is 0 Å². The normalized spacial score (nSPS) is 15.7. The minimum atomic E-state index is 0.735. The number of aryl methyl sites for hydroxylation is 1. The highest BCUT2D eigenvalue weighted by Crippen LogP contribution is 2.27. The van der Waals surface area contributed by atoms with E-state index in [1.807, 2.05) is 12.1 Å². The molecule has 0 saturated heterocycles. The number of nitrogens with one attached hydrogen (secondary N) is 1. The molecule has 1 saturated carbocycles. The Balaban J connectivity index is 1.67. The smallest absolute Gasteiger partial charge is 0.161 e. The van der Waals surface area contributed by atoms with Crippen LogP contribution in [0.25, 0.3) is 0 Å². The fourth-order valence-electron chi connectivity index (χ4n) is 2.58. The first-order valence-corrected chi connectivity index (χ1v) is 7.30. The molecule has 19 heavy (non-hydrogen) atoms. The molecule has 3 nitrogen and oxygen atoms in total. The second-order valence-electron chi connectivity index (χ2n) is 5.29. The fraction of sp³-hybridized carbons (Fsp3) is 0.625. The summed E-state index contributed by atoms with van der Waals surface area (Å²) in [6.45, 7) is 3.83.